The largest absolute Gasteiger partial charge is 0.491 e. The maximum Gasteiger partial charge on any atom is 0.388 e. The number of rotatable bonds is 4. The van der Waals surface area contributed by atoms with Crippen molar-refractivity contribution in [2.75, 3.05) is 6.61 Å². The molecule has 3 rings (SSSR count). The normalized spacial score (nSPS) is 16.5. The number of ether oxygens (including phenoxy) is 2. The van der Waals surface area contributed by atoms with Crippen LogP contribution in [-0.4, -0.2) is 35.2 Å². The van der Waals surface area contributed by atoms with Crippen LogP contribution in [0.2, 0.25) is 0 Å². The molecule has 1 aliphatic rings. The van der Waals surface area contributed by atoms with Crippen molar-refractivity contribution in [3.63, 3.8) is 0 Å². The minimum absolute atomic E-state index is 0.113. The fourth-order valence-electron chi connectivity index (χ4n) is 2.68. The quantitative estimate of drug-likeness (QED) is 0.906. The van der Waals surface area contributed by atoms with Gasteiger partial charge >= 0.3 is 12.6 Å². The highest BCUT2D eigenvalue weighted by molar-refractivity contribution is 5.74. The number of aromatic nitrogens is 1. The van der Waals surface area contributed by atoms with Crippen molar-refractivity contribution < 1.29 is 23.0 Å². The number of halogens is 2. The Morgan fingerprint density at radius 2 is 2.23 bits per heavy atom. The summed E-state index contributed by atoms with van der Waals surface area (Å²) in [6, 6.07) is 10.2. The fourth-order valence-corrected chi connectivity index (χ4v) is 2.68. The fraction of sp³-hybridized carbons (Fsp3) is 0.333. The highest BCUT2D eigenvalue weighted by Gasteiger charge is 2.25. The molecule has 0 saturated heterocycles. The first-order chi connectivity index (χ1) is 12.5. The molecule has 0 fully saturated rings. The summed E-state index contributed by atoms with van der Waals surface area (Å²) in [5.41, 5.74) is 1.55. The first-order valence-corrected chi connectivity index (χ1v) is 8.18. The van der Waals surface area contributed by atoms with E-state index in [1.807, 2.05) is 31.2 Å². The Hall–Kier alpha value is -2.90. The first-order valence-electron chi connectivity index (χ1n) is 8.18. The summed E-state index contributed by atoms with van der Waals surface area (Å²) in [5.74, 6) is 0.592. The summed E-state index contributed by atoms with van der Waals surface area (Å²) < 4.78 is 34.5. The van der Waals surface area contributed by atoms with Crippen LogP contribution in [0.4, 0.5) is 13.6 Å². The second-order valence-corrected chi connectivity index (χ2v) is 5.94. The highest BCUT2D eigenvalue weighted by atomic mass is 19.3. The summed E-state index contributed by atoms with van der Waals surface area (Å²) in [7, 11) is 0. The third kappa shape index (κ3) is 4.38. The minimum Gasteiger partial charge on any atom is -0.491 e. The number of benzene rings is 1. The van der Waals surface area contributed by atoms with Gasteiger partial charge in [0.1, 0.15) is 12.4 Å². The Bertz CT molecular complexity index is 773. The summed E-state index contributed by atoms with van der Waals surface area (Å²) >= 11 is 0. The van der Waals surface area contributed by atoms with Crippen LogP contribution in [0.15, 0.2) is 42.6 Å². The molecular formula is C18H19F2N3O3. The number of amides is 2. The average Bonchev–Trinajstić information content (AvgIpc) is 2.79. The topological polar surface area (TPSA) is 63.7 Å². The lowest BCUT2D eigenvalue weighted by molar-refractivity contribution is -0.0529. The van der Waals surface area contributed by atoms with Gasteiger partial charge in [-0.05, 0) is 24.6 Å². The molecule has 1 aliphatic heterocycles. The van der Waals surface area contributed by atoms with Crippen LogP contribution in [0.5, 0.6) is 11.6 Å². The van der Waals surface area contributed by atoms with Crippen molar-refractivity contribution in [1.29, 1.82) is 0 Å². The van der Waals surface area contributed by atoms with Crippen molar-refractivity contribution in [2.45, 2.75) is 32.7 Å². The Kier molecular flexibility index (Phi) is 5.50. The maximum atomic E-state index is 12.6. The molecular weight excluding hydrogens is 344 g/mol. The zero-order valence-electron chi connectivity index (χ0n) is 14.2. The summed E-state index contributed by atoms with van der Waals surface area (Å²) in [6.45, 7) is -0.0323. The third-order valence-electron chi connectivity index (χ3n) is 4.04. The lowest BCUT2D eigenvalue weighted by atomic mass is 10.2. The smallest absolute Gasteiger partial charge is 0.388 e. The van der Waals surface area contributed by atoms with E-state index in [0.29, 0.717) is 18.7 Å². The van der Waals surface area contributed by atoms with Gasteiger partial charge in [-0.15, -0.1) is 0 Å². The van der Waals surface area contributed by atoms with E-state index >= 15 is 0 Å². The van der Waals surface area contributed by atoms with Crippen molar-refractivity contribution in [3.8, 4) is 11.6 Å². The Morgan fingerprint density at radius 1 is 1.42 bits per heavy atom. The number of fused-ring (bicyclic) bond motifs is 1. The highest BCUT2D eigenvalue weighted by Crippen LogP contribution is 2.24. The van der Waals surface area contributed by atoms with Crippen LogP contribution < -0.4 is 14.8 Å². The standard InChI is InChI=1S/C18H19F2N3O3/c1-12-11-25-15-5-3-2-4-14(15)10-23(12)18(24)22-9-13-6-7-21-16(8-13)26-17(19)20/h2-8,12,17H,9-11H2,1H3,(H,22,24). The van der Waals surface area contributed by atoms with E-state index in [-0.39, 0.29) is 24.5 Å². The van der Waals surface area contributed by atoms with Crippen LogP contribution >= 0.6 is 0 Å². The van der Waals surface area contributed by atoms with Crippen molar-refractivity contribution in [2.24, 2.45) is 0 Å². The van der Waals surface area contributed by atoms with Gasteiger partial charge in [0.25, 0.3) is 0 Å². The molecule has 0 bridgehead atoms. The molecule has 2 aromatic rings. The van der Waals surface area contributed by atoms with Crippen LogP contribution in [0.1, 0.15) is 18.1 Å². The van der Waals surface area contributed by atoms with Crippen LogP contribution in [0, 0.1) is 0 Å². The van der Waals surface area contributed by atoms with E-state index in [4.69, 9.17) is 4.74 Å². The van der Waals surface area contributed by atoms with E-state index in [2.05, 4.69) is 15.0 Å². The number of hydrogen-bond donors (Lipinski definition) is 1. The summed E-state index contributed by atoms with van der Waals surface area (Å²) in [4.78, 5) is 18.0. The van der Waals surface area contributed by atoms with E-state index in [1.165, 1.54) is 12.3 Å². The van der Waals surface area contributed by atoms with Crippen molar-refractivity contribution in [3.05, 3.63) is 53.7 Å². The Labute approximate surface area is 149 Å². The van der Waals surface area contributed by atoms with Crippen LogP contribution in [0.3, 0.4) is 0 Å². The van der Waals surface area contributed by atoms with Gasteiger partial charge in [0.15, 0.2) is 0 Å². The Morgan fingerprint density at radius 3 is 3.04 bits per heavy atom. The molecule has 2 amide bonds. The number of carbonyl (C=O) groups is 1. The first kappa shape index (κ1) is 17.9. The SMILES string of the molecule is CC1COc2ccccc2CN1C(=O)NCc1ccnc(OC(F)F)c1. The van der Waals surface area contributed by atoms with Gasteiger partial charge in [0, 0.05) is 24.4 Å². The van der Waals surface area contributed by atoms with Gasteiger partial charge in [0.05, 0.1) is 12.6 Å². The molecule has 1 N–H and O–H groups in total. The minimum atomic E-state index is -2.94. The van der Waals surface area contributed by atoms with Gasteiger partial charge in [-0.2, -0.15) is 8.78 Å². The molecule has 138 valence electrons. The molecule has 2 heterocycles. The number of urea groups is 1. The molecule has 8 heteroatoms. The summed E-state index contributed by atoms with van der Waals surface area (Å²) in [5, 5.41) is 2.80. The lowest BCUT2D eigenvalue weighted by Crippen LogP contribution is -2.45. The number of nitrogens with zero attached hydrogens (tertiary/aromatic N) is 2. The van der Waals surface area contributed by atoms with Gasteiger partial charge < -0.3 is 19.7 Å². The van der Waals surface area contributed by atoms with E-state index in [0.717, 1.165) is 11.3 Å². The van der Waals surface area contributed by atoms with Gasteiger partial charge in [0.2, 0.25) is 5.88 Å². The molecule has 0 saturated carbocycles. The number of hydrogen-bond acceptors (Lipinski definition) is 4. The number of alkyl halides is 2. The van der Waals surface area contributed by atoms with Gasteiger partial charge in [-0.25, -0.2) is 9.78 Å². The molecule has 0 spiro atoms. The third-order valence-corrected chi connectivity index (χ3v) is 4.04. The van der Waals surface area contributed by atoms with E-state index in [9.17, 15) is 13.6 Å². The molecule has 0 aliphatic carbocycles. The zero-order valence-corrected chi connectivity index (χ0v) is 14.2. The lowest BCUT2D eigenvalue weighted by Gasteiger charge is -2.26. The molecule has 1 unspecified atom stereocenters. The Balaban J connectivity index is 1.64. The number of para-hydroxylation sites is 1. The van der Waals surface area contributed by atoms with Crippen molar-refractivity contribution >= 4 is 6.03 Å². The monoisotopic (exact) mass is 363 g/mol. The predicted octanol–water partition coefficient (Wildman–Crippen LogP) is 3.18. The second kappa shape index (κ2) is 7.99. The number of nitrogens with one attached hydrogen (secondary N) is 1. The summed E-state index contributed by atoms with van der Waals surface area (Å²) in [6.07, 6.45) is 1.36. The average molecular weight is 363 g/mol. The van der Waals surface area contributed by atoms with Crippen molar-refractivity contribution in [1.82, 2.24) is 15.2 Å². The van der Waals surface area contributed by atoms with Gasteiger partial charge in [-0.1, -0.05) is 18.2 Å². The number of carbonyl (C=O) groups excluding carboxylic acids is 1. The van der Waals surface area contributed by atoms with Gasteiger partial charge in [-0.3, -0.25) is 0 Å². The second-order valence-electron chi connectivity index (χ2n) is 5.94. The predicted molar refractivity (Wildman–Crippen MR) is 90.0 cm³/mol. The maximum absolute atomic E-state index is 12.6. The zero-order chi connectivity index (χ0) is 18.5. The van der Waals surface area contributed by atoms with E-state index < -0.39 is 6.61 Å². The molecule has 1 atom stereocenters. The molecule has 0 radical (unpaired) electrons. The molecule has 6 nitrogen and oxygen atoms in total. The molecule has 1 aromatic heterocycles. The molecule has 26 heavy (non-hydrogen) atoms. The molecule has 1 aromatic carbocycles. The van der Waals surface area contributed by atoms with E-state index in [1.54, 1.807) is 11.0 Å². The van der Waals surface area contributed by atoms with Crippen LogP contribution in [-0.2, 0) is 13.1 Å². The number of pyridine rings is 1. The van der Waals surface area contributed by atoms with Crippen LogP contribution in [0.25, 0.3) is 0 Å².